The molecule has 1 unspecified atom stereocenters. The molecule has 0 N–H and O–H groups in total. The lowest BCUT2D eigenvalue weighted by atomic mass is 10.0. The Kier molecular flexibility index (Phi) is 5.75. The predicted octanol–water partition coefficient (Wildman–Crippen LogP) is 3.66. The number of carbonyl (C=O) groups is 1. The van der Waals surface area contributed by atoms with Crippen LogP contribution >= 0.6 is 0 Å². The maximum atomic E-state index is 12.9. The van der Waals surface area contributed by atoms with Crippen molar-refractivity contribution in [2.24, 2.45) is 0 Å². The third-order valence-corrected chi connectivity index (χ3v) is 5.71. The lowest BCUT2D eigenvalue weighted by molar-refractivity contribution is -0.384. The minimum absolute atomic E-state index is 0.0507. The van der Waals surface area contributed by atoms with E-state index >= 15 is 0 Å². The zero-order chi connectivity index (χ0) is 22.0. The first-order valence-corrected chi connectivity index (χ1v) is 10.2. The van der Waals surface area contributed by atoms with Crippen molar-refractivity contribution in [2.45, 2.75) is 38.3 Å². The van der Waals surface area contributed by atoms with E-state index < -0.39 is 10.7 Å². The summed E-state index contributed by atoms with van der Waals surface area (Å²) in [6, 6.07) is 11.9. The van der Waals surface area contributed by atoms with Crippen LogP contribution in [0.3, 0.4) is 0 Å². The van der Waals surface area contributed by atoms with Crippen molar-refractivity contribution >= 4 is 22.7 Å². The number of likely N-dealkylation sites (tertiary alicyclic amines) is 1. The highest BCUT2D eigenvalue weighted by atomic mass is 16.6. The summed E-state index contributed by atoms with van der Waals surface area (Å²) in [5.41, 5.74) is 1.61. The first-order chi connectivity index (χ1) is 15.0. The molecule has 1 amide bonds. The van der Waals surface area contributed by atoms with Gasteiger partial charge >= 0.3 is 5.76 Å². The van der Waals surface area contributed by atoms with Crippen LogP contribution in [-0.4, -0.2) is 34.0 Å². The molecule has 0 saturated carbocycles. The topological polar surface area (TPSA) is 108 Å². The number of hydrogen-bond acceptors (Lipinski definition) is 6. The van der Waals surface area contributed by atoms with Crippen molar-refractivity contribution in [3.05, 3.63) is 68.7 Å². The molecule has 31 heavy (non-hydrogen) atoms. The predicted molar refractivity (Wildman–Crippen MR) is 113 cm³/mol. The van der Waals surface area contributed by atoms with Gasteiger partial charge in [-0.15, -0.1) is 0 Å². The van der Waals surface area contributed by atoms with E-state index in [-0.39, 0.29) is 23.2 Å². The van der Waals surface area contributed by atoms with Crippen LogP contribution in [0.2, 0.25) is 0 Å². The van der Waals surface area contributed by atoms with E-state index in [1.165, 1.54) is 22.8 Å². The first kappa shape index (κ1) is 20.6. The maximum absolute atomic E-state index is 12.9. The van der Waals surface area contributed by atoms with Crippen molar-refractivity contribution < 1.29 is 18.9 Å². The van der Waals surface area contributed by atoms with E-state index in [1.807, 2.05) is 29.2 Å². The molecule has 1 fully saturated rings. The van der Waals surface area contributed by atoms with Crippen molar-refractivity contribution in [2.75, 3.05) is 13.7 Å². The number of non-ortho nitro benzene ring substituents is 1. The number of ether oxygens (including phenoxy) is 1. The number of aromatic nitrogens is 1. The summed E-state index contributed by atoms with van der Waals surface area (Å²) in [5.74, 6) is 0.248. The molecule has 1 aliphatic heterocycles. The molecule has 2 aromatic carbocycles. The summed E-state index contributed by atoms with van der Waals surface area (Å²) in [6.07, 6.45) is 2.64. The van der Waals surface area contributed by atoms with Gasteiger partial charge in [-0.3, -0.25) is 19.5 Å². The number of rotatable bonds is 7. The zero-order valence-electron chi connectivity index (χ0n) is 17.2. The highest BCUT2D eigenvalue weighted by molar-refractivity contribution is 5.77. The number of nitro benzene ring substituents is 1. The SMILES string of the molecule is COc1ccc(C2CCCN2C(=O)CCCn2c(=O)oc3cc([N+](=O)[O-])ccc32)cc1. The van der Waals surface area contributed by atoms with Gasteiger partial charge in [0.2, 0.25) is 5.91 Å². The second-order valence-electron chi connectivity index (χ2n) is 7.55. The lowest BCUT2D eigenvalue weighted by Crippen LogP contribution is -2.30. The maximum Gasteiger partial charge on any atom is 0.419 e. The van der Waals surface area contributed by atoms with Gasteiger partial charge < -0.3 is 14.1 Å². The molecular weight excluding hydrogens is 402 g/mol. The molecule has 9 heteroatoms. The number of oxazole rings is 1. The summed E-state index contributed by atoms with van der Waals surface area (Å²) in [6.45, 7) is 1.02. The molecule has 1 atom stereocenters. The van der Waals surface area contributed by atoms with Crippen LogP contribution in [0.4, 0.5) is 5.69 Å². The molecule has 1 aromatic heterocycles. The molecule has 0 bridgehead atoms. The Morgan fingerprint density at radius 1 is 1.26 bits per heavy atom. The fraction of sp³-hybridized carbons (Fsp3) is 0.364. The molecule has 0 spiro atoms. The number of nitrogens with zero attached hydrogens (tertiary/aromatic N) is 3. The molecule has 162 valence electrons. The number of amides is 1. The Morgan fingerprint density at radius 3 is 2.74 bits per heavy atom. The summed E-state index contributed by atoms with van der Waals surface area (Å²) >= 11 is 0. The average Bonchev–Trinajstić information content (AvgIpc) is 3.38. The summed E-state index contributed by atoms with van der Waals surface area (Å²) in [5, 5.41) is 10.9. The largest absolute Gasteiger partial charge is 0.497 e. The second kappa shape index (κ2) is 8.63. The van der Waals surface area contributed by atoms with Gasteiger partial charge in [0.25, 0.3) is 5.69 Å². The van der Waals surface area contributed by atoms with Crippen LogP contribution in [0.15, 0.2) is 51.7 Å². The molecule has 3 aromatic rings. The highest BCUT2D eigenvalue weighted by Gasteiger charge is 2.29. The third kappa shape index (κ3) is 4.16. The molecule has 4 rings (SSSR count). The first-order valence-electron chi connectivity index (χ1n) is 10.2. The van der Waals surface area contributed by atoms with Crippen LogP contribution in [0.1, 0.15) is 37.3 Å². The van der Waals surface area contributed by atoms with E-state index in [0.717, 1.165) is 24.2 Å². The van der Waals surface area contributed by atoms with E-state index in [0.29, 0.717) is 31.4 Å². The van der Waals surface area contributed by atoms with Gasteiger partial charge in [0.1, 0.15) is 5.75 Å². The number of carbonyl (C=O) groups excluding carboxylic acids is 1. The second-order valence-corrected chi connectivity index (χ2v) is 7.55. The normalized spacial score (nSPS) is 16.0. The van der Waals surface area contributed by atoms with Crippen molar-refractivity contribution in [1.29, 1.82) is 0 Å². The van der Waals surface area contributed by atoms with E-state index in [2.05, 4.69) is 0 Å². The van der Waals surface area contributed by atoms with E-state index in [9.17, 15) is 19.7 Å². The minimum Gasteiger partial charge on any atom is -0.497 e. The quantitative estimate of drug-likeness (QED) is 0.422. The fourth-order valence-corrected chi connectivity index (χ4v) is 4.15. The number of nitro groups is 1. The molecule has 0 aliphatic carbocycles. The molecule has 1 aliphatic rings. The Balaban J connectivity index is 1.41. The number of benzene rings is 2. The van der Waals surface area contributed by atoms with Gasteiger partial charge in [-0.2, -0.15) is 0 Å². The van der Waals surface area contributed by atoms with Crippen LogP contribution in [0.25, 0.3) is 11.1 Å². The minimum atomic E-state index is -0.583. The van der Waals surface area contributed by atoms with E-state index in [4.69, 9.17) is 9.15 Å². The summed E-state index contributed by atoms with van der Waals surface area (Å²) in [7, 11) is 1.62. The molecular formula is C22H23N3O6. The van der Waals surface area contributed by atoms with Gasteiger partial charge in [-0.25, -0.2) is 4.79 Å². The van der Waals surface area contributed by atoms with Crippen LogP contribution in [0.5, 0.6) is 5.75 Å². The molecule has 9 nitrogen and oxygen atoms in total. The molecule has 0 radical (unpaired) electrons. The van der Waals surface area contributed by atoms with Crippen LogP contribution in [0, 0.1) is 10.1 Å². The third-order valence-electron chi connectivity index (χ3n) is 5.71. The fourth-order valence-electron chi connectivity index (χ4n) is 4.15. The Bertz CT molecular complexity index is 1160. The number of fused-ring (bicyclic) bond motifs is 1. The van der Waals surface area contributed by atoms with Crippen LogP contribution in [-0.2, 0) is 11.3 Å². The summed E-state index contributed by atoms with van der Waals surface area (Å²) < 4.78 is 11.8. The Labute approximate surface area is 178 Å². The highest BCUT2D eigenvalue weighted by Crippen LogP contribution is 2.33. The van der Waals surface area contributed by atoms with Crippen molar-refractivity contribution in [1.82, 2.24) is 9.47 Å². The standard InChI is InChI=1S/C22H23N3O6/c1-30-17-9-6-15(7-10-17)18-4-2-12-23(18)21(26)5-3-13-24-19-11-8-16(25(28)29)14-20(19)31-22(24)27/h6-11,14,18H,2-5,12-13H2,1H3. The lowest BCUT2D eigenvalue weighted by Gasteiger charge is -2.25. The zero-order valence-corrected chi connectivity index (χ0v) is 17.2. The molecule has 2 heterocycles. The Hall–Kier alpha value is -3.62. The van der Waals surface area contributed by atoms with Gasteiger partial charge in [0.15, 0.2) is 5.58 Å². The van der Waals surface area contributed by atoms with Gasteiger partial charge in [0.05, 0.1) is 29.7 Å². The number of aryl methyl sites for hydroxylation is 1. The Morgan fingerprint density at radius 2 is 2.03 bits per heavy atom. The van der Waals surface area contributed by atoms with Crippen LogP contribution < -0.4 is 10.5 Å². The van der Waals surface area contributed by atoms with Gasteiger partial charge in [-0.1, -0.05) is 12.1 Å². The monoisotopic (exact) mass is 425 g/mol. The average molecular weight is 425 g/mol. The van der Waals surface area contributed by atoms with Gasteiger partial charge in [0, 0.05) is 25.6 Å². The van der Waals surface area contributed by atoms with E-state index in [1.54, 1.807) is 7.11 Å². The number of methoxy groups -OCH3 is 1. The van der Waals surface area contributed by atoms with Gasteiger partial charge in [-0.05, 0) is 43.0 Å². The molecule has 1 saturated heterocycles. The smallest absolute Gasteiger partial charge is 0.419 e. The van der Waals surface area contributed by atoms with Crippen molar-refractivity contribution in [3.63, 3.8) is 0 Å². The summed E-state index contributed by atoms with van der Waals surface area (Å²) in [4.78, 5) is 37.3. The number of hydrogen-bond donors (Lipinski definition) is 0. The van der Waals surface area contributed by atoms with Crippen molar-refractivity contribution in [3.8, 4) is 5.75 Å².